The van der Waals surface area contributed by atoms with Gasteiger partial charge in [-0.2, -0.15) is 0 Å². The third-order valence-corrected chi connectivity index (χ3v) is 8.66. The van der Waals surface area contributed by atoms with Crippen LogP contribution in [-0.4, -0.2) is 14.0 Å². The van der Waals surface area contributed by atoms with Crippen molar-refractivity contribution in [2.75, 3.05) is 4.31 Å². The fraction of sp³-hybridized carbons (Fsp3) is 0.280. The molecule has 0 bridgehead atoms. The SMILES string of the molecule is Cc1ccc(S(=O)(=O)N2c3ccccc3C(C)(c3ccc(Br)cc3)CC2(C)C)cc1. The lowest BCUT2D eigenvalue weighted by molar-refractivity contribution is 0.351. The number of hydrogen-bond acceptors (Lipinski definition) is 2. The Balaban J connectivity index is 1.93. The van der Waals surface area contributed by atoms with Crippen LogP contribution in [0.2, 0.25) is 0 Å². The fourth-order valence-corrected chi connectivity index (χ4v) is 6.91. The summed E-state index contributed by atoms with van der Waals surface area (Å²) in [6, 6.07) is 23.3. The van der Waals surface area contributed by atoms with Gasteiger partial charge in [0.05, 0.1) is 16.1 Å². The van der Waals surface area contributed by atoms with Crippen LogP contribution < -0.4 is 4.31 Å². The zero-order valence-corrected chi connectivity index (χ0v) is 20.1. The van der Waals surface area contributed by atoms with E-state index in [1.54, 1.807) is 16.4 Å². The second kappa shape index (κ2) is 7.24. The summed E-state index contributed by atoms with van der Waals surface area (Å²) in [5.74, 6) is 0. The number of fused-ring (bicyclic) bond motifs is 1. The van der Waals surface area contributed by atoms with Gasteiger partial charge in [0.2, 0.25) is 0 Å². The predicted molar refractivity (Wildman–Crippen MR) is 127 cm³/mol. The number of rotatable bonds is 3. The molecule has 3 nitrogen and oxygen atoms in total. The fourth-order valence-electron chi connectivity index (χ4n) is 4.82. The topological polar surface area (TPSA) is 37.4 Å². The number of para-hydroxylation sites is 1. The molecule has 0 N–H and O–H groups in total. The molecule has 1 atom stereocenters. The summed E-state index contributed by atoms with van der Waals surface area (Å²) in [4.78, 5) is 0.322. The Labute approximate surface area is 187 Å². The highest BCUT2D eigenvalue weighted by molar-refractivity contribution is 9.10. The van der Waals surface area contributed by atoms with Crippen molar-refractivity contribution in [3.63, 3.8) is 0 Å². The van der Waals surface area contributed by atoms with Gasteiger partial charge in [-0.15, -0.1) is 0 Å². The van der Waals surface area contributed by atoms with Gasteiger partial charge in [0.25, 0.3) is 10.0 Å². The standard InChI is InChI=1S/C25H26BrNO2S/c1-18-9-15-21(16-10-18)30(28,29)27-23-8-6-5-7-22(23)25(4,17-24(27,2)3)19-11-13-20(26)14-12-19/h5-16H,17H2,1-4H3. The summed E-state index contributed by atoms with van der Waals surface area (Å²) in [7, 11) is -3.71. The first kappa shape index (κ1) is 21.1. The first-order chi connectivity index (χ1) is 14.1. The van der Waals surface area contributed by atoms with Crippen molar-refractivity contribution in [2.24, 2.45) is 0 Å². The molecule has 0 aromatic heterocycles. The summed E-state index contributed by atoms with van der Waals surface area (Å²) in [6.45, 7) is 8.21. The number of sulfonamides is 1. The number of aryl methyl sites for hydroxylation is 1. The Morgan fingerprint density at radius 1 is 0.867 bits per heavy atom. The molecular weight excluding hydrogens is 458 g/mol. The number of benzene rings is 3. The molecule has 1 aliphatic heterocycles. The highest BCUT2D eigenvalue weighted by Crippen LogP contribution is 2.52. The van der Waals surface area contributed by atoms with Gasteiger partial charge in [-0.05, 0) is 68.7 Å². The number of halogens is 1. The van der Waals surface area contributed by atoms with Crippen LogP contribution in [0.3, 0.4) is 0 Å². The molecule has 0 spiro atoms. The van der Waals surface area contributed by atoms with E-state index in [1.165, 1.54) is 5.56 Å². The van der Waals surface area contributed by atoms with Gasteiger partial charge < -0.3 is 0 Å². The number of anilines is 1. The Morgan fingerprint density at radius 2 is 1.47 bits per heavy atom. The normalized spacial score (nSPS) is 20.6. The third kappa shape index (κ3) is 3.38. The average molecular weight is 484 g/mol. The van der Waals surface area contributed by atoms with E-state index >= 15 is 0 Å². The molecule has 1 heterocycles. The highest BCUT2D eigenvalue weighted by Gasteiger charge is 2.49. The molecular formula is C25H26BrNO2S. The first-order valence-electron chi connectivity index (χ1n) is 10.0. The quantitative estimate of drug-likeness (QED) is 0.429. The van der Waals surface area contributed by atoms with Crippen molar-refractivity contribution in [3.05, 3.63) is 94.0 Å². The van der Waals surface area contributed by atoms with Gasteiger partial charge in [-0.25, -0.2) is 8.42 Å². The molecule has 0 radical (unpaired) electrons. The van der Waals surface area contributed by atoms with E-state index in [1.807, 2.05) is 63.2 Å². The lowest BCUT2D eigenvalue weighted by Crippen LogP contribution is -2.55. The molecule has 3 aromatic carbocycles. The molecule has 5 heteroatoms. The first-order valence-corrected chi connectivity index (χ1v) is 12.3. The Hall–Kier alpha value is -2.11. The maximum absolute atomic E-state index is 13.8. The van der Waals surface area contributed by atoms with Crippen LogP contribution in [0, 0.1) is 6.92 Å². The zero-order valence-electron chi connectivity index (χ0n) is 17.7. The zero-order chi connectivity index (χ0) is 21.7. The minimum atomic E-state index is -3.71. The van der Waals surface area contributed by atoms with Crippen LogP contribution in [-0.2, 0) is 15.4 Å². The Kier molecular flexibility index (Phi) is 5.10. The monoisotopic (exact) mass is 483 g/mol. The summed E-state index contributed by atoms with van der Waals surface area (Å²) in [5, 5.41) is 0. The maximum atomic E-state index is 13.8. The van der Waals surface area contributed by atoms with Crippen LogP contribution in [0.25, 0.3) is 0 Å². The van der Waals surface area contributed by atoms with Crippen LogP contribution in [0.1, 0.15) is 43.9 Å². The minimum Gasteiger partial charge on any atom is -0.260 e. The van der Waals surface area contributed by atoms with Gasteiger partial charge in [-0.3, -0.25) is 4.31 Å². The van der Waals surface area contributed by atoms with Crippen molar-refractivity contribution in [1.29, 1.82) is 0 Å². The molecule has 0 fully saturated rings. The van der Waals surface area contributed by atoms with E-state index in [0.717, 1.165) is 21.3 Å². The summed E-state index contributed by atoms with van der Waals surface area (Å²) < 4.78 is 30.2. The Bertz CT molecular complexity index is 1180. The van der Waals surface area contributed by atoms with Crippen molar-refractivity contribution in [2.45, 2.75) is 50.0 Å². The number of hydrogen-bond donors (Lipinski definition) is 0. The largest absolute Gasteiger partial charge is 0.264 e. The molecule has 0 amide bonds. The van der Waals surface area contributed by atoms with E-state index in [-0.39, 0.29) is 5.41 Å². The van der Waals surface area contributed by atoms with E-state index in [9.17, 15) is 8.42 Å². The summed E-state index contributed by atoms with van der Waals surface area (Å²) >= 11 is 3.52. The summed E-state index contributed by atoms with van der Waals surface area (Å²) in [5.41, 5.74) is 3.08. The molecule has 4 rings (SSSR count). The van der Waals surface area contributed by atoms with Crippen LogP contribution in [0.15, 0.2) is 82.2 Å². The van der Waals surface area contributed by atoms with Crippen molar-refractivity contribution < 1.29 is 8.42 Å². The van der Waals surface area contributed by atoms with Gasteiger partial charge in [0.1, 0.15) is 0 Å². The molecule has 1 aliphatic rings. The van der Waals surface area contributed by atoms with Gasteiger partial charge in [0.15, 0.2) is 0 Å². The molecule has 1 unspecified atom stereocenters. The molecule has 0 saturated carbocycles. The lowest BCUT2D eigenvalue weighted by atomic mass is 9.66. The van der Waals surface area contributed by atoms with Gasteiger partial charge in [-0.1, -0.05) is 70.9 Å². The molecule has 0 saturated heterocycles. The maximum Gasteiger partial charge on any atom is 0.264 e. The van der Waals surface area contributed by atoms with Crippen molar-refractivity contribution >= 4 is 31.6 Å². The second-order valence-electron chi connectivity index (χ2n) is 8.93. The number of nitrogens with zero attached hydrogens (tertiary/aromatic N) is 1. The van der Waals surface area contributed by atoms with Crippen LogP contribution in [0.4, 0.5) is 5.69 Å². The van der Waals surface area contributed by atoms with E-state index in [4.69, 9.17) is 0 Å². The predicted octanol–water partition coefficient (Wildman–Crippen LogP) is 6.44. The van der Waals surface area contributed by atoms with E-state index in [0.29, 0.717) is 11.3 Å². The lowest BCUT2D eigenvalue weighted by Gasteiger charge is -2.51. The van der Waals surface area contributed by atoms with Gasteiger partial charge in [0, 0.05) is 9.89 Å². The van der Waals surface area contributed by atoms with Gasteiger partial charge >= 0.3 is 0 Å². The van der Waals surface area contributed by atoms with Crippen molar-refractivity contribution in [1.82, 2.24) is 0 Å². The van der Waals surface area contributed by atoms with Crippen molar-refractivity contribution in [3.8, 4) is 0 Å². The molecule has 3 aromatic rings. The second-order valence-corrected chi connectivity index (χ2v) is 11.6. The van der Waals surface area contributed by atoms with E-state index < -0.39 is 15.6 Å². The highest BCUT2D eigenvalue weighted by atomic mass is 79.9. The molecule has 30 heavy (non-hydrogen) atoms. The Morgan fingerprint density at radius 3 is 2.10 bits per heavy atom. The average Bonchev–Trinajstić information content (AvgIpc) is 2.68. The minimum absolute atomic E-state index is 0.305. The smallest absolute Gasteiger partial charge is 0.260 e. The molecule has 0 aliphatic carbocycles. The third-order valence-electron chi connectivity index (χ3n) is 6.09. The van der Waals surface area contributed by atoms with Crippen LogP contribution in [0.5, 0.6) is 0 Å². The van der Waals surface area contributed by atoms with E-state index in [2.05, 4.69) is 41.1 Å². The summed E-state index contributed by atoms with van der Waals surface area (Å²) in [6.07, 6.45) is 0.670. The van der Waals surface area contributed by atoms with Crippen LogP contribution >= 0.6 is 15.9 Å². The molecule has 156 valence electrons.